The van der Waals surface area contributed by atoms with Gasteiger partial charge in [0.15, 0.2) is 0 Å². The zero-order valence-corrected chi connectivity index (χ0v) is 18.1. The van der Waals surface area contributed by atoms with E-state index >= 15 is 0 Å². The highest BCUT2D eigenvalue weighted by atomic mass is 16.5. The predicted molar refractivity (Wildman–Crippen MR) is 118 cm³/mol. The minimum atomic E-state index is -0.651. The number of methoxy groups -OCH3 is 2. The summed E-state index contributed by atoms with van der Waals surface area (Å²) in [6.45, 7) is 3.85. The first kappa shape index (κ1) is 21.8. The third kappa shape index (κ3) is 4.63. The Bertz CT molecular complexity index is 1070. The van der Waals surface area contributed by atoms with Crippen LogP contribution >= 0.6 is 0 Å². The molecule has 0 radical (unpaired) electrons. The summed E-state index contributed by atoms with van der Waals surface area (Å²) in [5, 5.41) is 0. The number of hydrogen-bond acceptors (Lipinski definition) is 8. The van der Waals surface area contributed by atoms with E-state index in [1.807, 2.05) is 56.1 Å². The Morgan fingerprint density at radius 1 is 0.935 bits per heavy atom. The molecule has 0 atom stereocenters. The second kappa shape index (κ2) is 9.25. The fraction of sp³-hybridized carbons (Fsp3) is 0.217. The van der Waals surface area contributed by atoms with Crippen LogP contribution in [-0.4, -0.2) is 43.2 Å². The zero-order valence-electron chi connectivity index (χ0n) is 18.1. The molecule has 31 heavy (non-hydrogen) atoms. The monoisotopic (exact) mass is 420 g/mol. The van der Waals surface area contributed by atoms with Crippen molar-refractivity contribution in [2.45, 2.75) is 13.8 Å². The second-order valence-electron chi connectivity index (χ2n) is 6.84. The number of carbonyl (C=O) groups excluding carboxylic acids is 2. The Kier molecular flexibility index (Phi) is 6.49. The number of allylic oxidation sites excluding steroid dienone is 2. The Balaban J connectivity index is 1.99. The molecule has 0 saturated carbocycles. The van der Waals surface area contributed by atoms with Gasteiger partial charge in [-0.2, -0.15) is 0 Å². The lowest BCUT2D eigenvalue weighted by Crippen LogP contribution is -2.27. The van der Waals surface area contributed by atoms with Crippen molar-refractivity contribution in [1.29, 1.82) is 0 Å². The molecule has 1 aliphatic rings. The van der Waals surface area contributed by atoms with Crippen molar-refractivity contribution in [3.05, 3.63) is 77.4 Å². The van der Waals surface area contributed by atoms with Crippen LogP contribution in [0.15, 0.2) is 66.0 Å². The summed E-state index contributed by atoms with van der Waals surface area (Å²) in [6.07, 6.45) is 6.59. The zero-order chi connectivity index (χ0) is 22.5. The Hall–Kier alpha value is -3.94. The van der Waals surface area contributed by atoms with Gasteiger partial charge >= 0.3 is 11.9 Å². The van der Waals surface area contributed by atoms with E-state index in [0.717, 1.165) is 17.1 Å². The van der Waals surface area contributed by atoms with Gasteiger partial charge in [-0.15, -0.1) is 0 Å². The normalized spacial score (nSPS) is 13.1. The third-order valence-corrected chi connectivity index (χ3v) is 4.67. The minimum absolute atomic E-state index is 0.0677. The molecule has 0 spiro atoms. The van der Waals surface area contributed by atoms with Gasteiger partial charge in [0, 0.05) is 36.0 Å². The molecule has 0 fully saturated rings. The van der Waals surface area contributed by atoms with Crippen LogP contribution in [0.4, 0.5) is 17.3 Å². The van der Waals surface area contributed by atoms with Gasteiger partial charge < -0.3 is 19.3 Å². The van der Waals surface area contributed by atoms with Crippen molar-refractivity contribution < 1.29 is 19.1 Å². The van der Waals surface area contributed by atoms with E-state index in [0.29, 0.717) is 11.6 Å². The molecular weight excluding hydrogens is 396 g/mol. The molecule has 1 aromatic heterocycles. The van der Waals surface area contributed by atoms with Gasteiger partial charge in [0.05, 0.1) is 19.8 Å². The Labute approximate surface area is 181 Å². The summed E-state index contributed by atoms with van der Waals surface area (Å²) in [5.74, 6) is -0.692. The highest BCUT2D eigenvalue weighted by Gasteiger charge is 2.27. The summed E-state index contributed by atoms with van der Waals surface area (Å²) in [5.41, 5.74) is 3.47. The maximum absolute atomic E-state index is 12.5. The number of carbonyl (C=O) groups is 2. The summed E-state index contributed by atoms with van der Waals surface area (Å²) in [7, 11) is 4.41. The number of anilines is 3. The van der Waals surface area contributed by atoms with E-state index in [9.17, 15) is 9.59 Å². The Morgan fingerprint density at radius 2 is 1.55 bits per heavy atom. The van der Waals surface area contributed by atoms with Crippen LogP contribution in [0.3, 0.4) is 0 Å². The van der Waals surface area contributed by atoms with Crippen LogP contribution in [-0.2, 0) is 19.1 Å². The largest absolute Gasteiger partial charge is 0.465 e. The van der Waals surface area contributed by atoms with Crippen molar-refractivity contribution >= 4 is 29.3 Å². The molecule has 1 aromatic carbocycles. The summed E-state index contributed by atoms with van der Waals surface area (Å²) >= 11 is 0. The SMILES string of the molecule is COC(=O)C1=C(C(=O)OC)N(c2ccc(N(C)c3nc(C)cc(C)n3)cc2)C=CC=C1. The number of rotatable bonds is 5. The van der Waals surface area contributed by atoms with E-state index in [1.54, 1.807) is 23.3 Å². The second-order valence-corrected chi connectivity index (χ2v) is 6.84. The average Bonchev–Trinajstić information content (AvgIpc) is 3.00. The Morgan fingerprint density at radius 3 is 2.13 bits per heavy atom. The number of hydrogen-bond donors (Lipinski definition) is 0. The van der Waals surface area contributed by atoms with E-state index in [4.69, 9.17) is 9.47 Å². The summed E-state index contributed by atoms with van der Waals surface area (Å²) < 4.78 is 9.77. The maximum Gasteiger partial charge on any atom is 0.355 e. The van der Waals surface area contributed by atoms with Crippen molar-refractivity contribution in [3.8, 4) is 0 Å². The van der Waals surface area contributed by atoms with Crippen molar-refractivity contribution in [2.24, 2.45) is 0 Å². The summed E-state index contributed by atoms with van der Waals surface area (Å²) in [6, 6.07) is 9.36. The highest BCUT2D eigenvalue weighted by Crippen LogP contribution is 2.29. The molecular formula is C23H24N4O4. The van der Waals surface area contributed by atoms with Crippen molar-refractivity contribution in [1.82, 2.24) is 9.97 Å². The smallest absolute Gasteiger partial charge is 0.355 e. The van der Waals surface area contributed by atoms with Gasteiger partial charge in [0.1, 0.15) is 5.70 Å². The molecule has 2 heterocycles. The standard InChI is InChI=1S/C23H24N4O4/c1-15-14-16(2)25-23(24-15)26(3)17-9-11-18(12-10-17)27-13-7-6-8-19(21(28)30-4)20(27)22(29)31-5/h6-14H,1-5H3. The van der Waals surface area contributed by atoms with Crippen LogP contribution in [0.25, 0.3) is 0 Å². The van der Waals surface area contributed by atoms with Gasteiger partial charge in [-0.1, -0.05) is 6.08 Å². The van der Waals surface area contributed by atoms with Gasteiger partial charge in [-0.3, -0.25) is 0 Å². The number of nitrogens with zero attached hydrogens (tertiary/aromatic N) is 4. The number of ether oxygens (including phenoxy) is 2. The van der Waals surface area contributed by atoms with Crippen LogP contribution < -0.4 is 9.80 Å². The number of aromatic nitrogens is 2. The molecule has 0 bridgehead atoms. The van der Waals surface area contributed by atoms with Crippen molar-refractivity contribution in [3.63, 3.8) is 0 Å². The molecule has 0 amide bonds. The van der Waals surface area contributed by atoms with E-state index in [2.05, 4.69) is 9.97 Å². The predicted octanol–water partition coefficient (Wildman–Crippen LogP) is 3.35. The topological polar surface area (TPSA) is 84.9 Å². The van der Waals surface area contributed by atoms with Crippen LogP contribution in [0, 0.1) is 13.8 Å². The first-order valence-corrected chi connectivity index (χ1v) is 9.56. The molecule has 160 valence electrons. The fourth-order valence-electron chi connectivity index (χ4n) is 3.18. The van der Waals surface area contributed by atoms with E-state index in [-0.39, 0.29) is 11.3 Å². The molecule has 8 nitrogen and oxygen atoms in total. The third-order valence-electron chi connectivity index (χ3n) is 4.67. The first-order chi connectivity index (χ1) is 14.8. The molecule has 3 rings (SSSR count). The lowest BCUT2D eigenvalue weighted by molar-refractivity contribution is -0.139. The lowest BCUT2D eigenvalue weighted by Gasteiger charge is -2.24. The van der Waals surface area contributed by atoms with Crippen LogP contribution in [0.2, 0.25) is 0 Å². The average molecular weight is 420 g/mol. The van der Waals surface area contributed by atoms with Gasteiger partial charge in [-0.25, -0.2) is 19.6 Å². The molecule has 8 heteroatoms. The molecule has 0 unspecified atom stereocenters. The summed E-state index contributed by atoms with van der Waals surface area (Å²) in [4.78, 5) is 37.2. The van der Waals surface area contributed by atoms with Crippen LogP contribution in [0.5, 0.6) is 0 Å². The minimum Gasteiger partial charge on any atom is -0.465 e. The van der Waals surface area contributed by atoms with Gasteiger partial charge in [-0.05, 0) is 56.3 Å². The number of aryl methyl sites for hydroxylation is 2. The van der Waals surface area contributed by atoms with Gasteiger partial charge in [0.2, 0.25) is 5.95 Å². The maximum atomic E-state index is 12.5. The molecule has 0 saturated heterocycles. The number of benzene rings is 1. The molecule has 0 N–H and O–H groups in total. The number of esters is 2. The lowest BCUT2D eigenvalue weighted by atomic mass is 10.1. The first-order valence-electron chi connectivity index (χ1n) is 9.56. The quantitative estimate of drug-likeness (QED) is 0.681. The highest BCUT2D eigenvalue weighted by molar-refractivity contribution is 6.05. The molecule has 0 aliphatic carbocycles. The van der Waals surface area contributed by atoms with E-state index < -0.39 is 11.9 Å². The molecule has 2 aromatic rings. The molecule has 1 aliphatic heterocycles. The van der Waals surface area contributed by atoms with Crippen molar-refractivity contribution in [2.75, 3.05) is 31.1 Å². The fourth-order valence-corrected chi connectivity index (χ4v) is 3.18. The van der Waals surface area contributed by atoms with Crippen LogP contribution in [0.1, 0.15) is 11.4 Å². The van der Waals surface area contributed by atoms with E-state index in [1.165, 1.54) is 20.3 Å². The van der Waals surface area contributed by atoms with Gasteiger partial charge in [0.25, 0.3) is 0 Å².